The molecule has 0 unspecified atom stereocenters. The van der Waals surface area contributed by atoms with Crippen LogP contribution in [0.4, 0.5) is 4.79 Å². The first-order chi connectivity index (χ1) is 9.99. The first kappa shape index (κ1) is 17.2. The van der Waals surface area contributed by atoms with Crippen molar-refractivity contribution < 1.29 is 29.3 Å². The molecule has 1 atom stereocenters. The number of hydrogen-bond acceptors (Lipinski definition) is 5. The van der Waals surface area contributed by atoms with Gasteiger partial charge in [0.2, 0.25) is 0 Å². The van der Waals surface area contributed by atoms with Gasteiger partial charge >= 0.3 is 18.0 Å². The Labute approximate surface area is 122 Å². The van der Waals surface area contributed by atoms with Gasteiger partial charge in [0.05, 0.1) is 19.6 Å². The lowest BCUT2D eigenvalue weighted by atomic mass is 10.2. The number of nitrogens with zero attached hydrogens (tertiary/aromatic N) is 1. The van der Waals surface area contributed by atoms with E-state index in [0.29, 0.717) is 19.8 Å². The van der Waals surface area contributed by atoms with E-state index in [4.69, 9.17) is 14.9 Å². The fourth-order valence-electron chi connectivity index (χ4n) is 1.91. The van der Waals surface area contributed by atoms with E-state index >= 15 is 0 Å². The van der Waals surface area contributed by atoms with E-state index in [9.17, 15) is 14.4 Å². The van der Waals surface area contributed by atoms with Crippen molar-refractivity contribution in [3.05, 3.63) is 0 Å². The predicted octanol–water partition coefficient (Wildman–Crippen LogP) is -1.06. The number of aliphatic carboxylic acids is 2. The molecule has 1 fully saturated rings. The molecule has 1 saturated heterocycles. The van der Waals surface area contributed by atoms with Crippen molar-refractivity contribution >= 4 is 18.0 Å². The first-order valence-electron chi connectivity index (χ1n) is 6.78. The number of carbonyl (C=O) groups is 3. The molecule has 0 aromatic carbocycles. The van der Waals surface area contributed by atoms with Crippen LogP contribution in [0.15, 0.2) is 0 Å². The highest BCUT2D eigenvalue weighted by Crippen LogP contribution is 1.97. The number of rotatable bonds is 8. The Balaban J connectivity index is 2.16. The van der Waals surface area contributed by atoms with Gasteiger partial charge in [0.25, 0.3) is 0 Å². The fraction of sp³-hybridized carbons (Fsp3) is 0.750. The van der Waals surface area contributed by atoms with E-state index in [1.54, 1.807) is 0 Å². The van der Waals surface area contributed by atoms with Crippen molar-refractivity contribution in [2.75, 3.05) is 39.4 Å². The Morgan fingerprint density at radius 3 is 2.43 bits per heavy atom. The Hall–Kier alpha value is -1.87. The van der Waals surface area contributed by atoms with Crippen LogP contribution in [-0.4, -0.2) is 78.5 Å². The summed E-state index contributed by atoms with van der Waals surface area (Å²) in [6.07, 6.45) is 0.0701. The van der Waals surface area contributed by atoms with Gasteiger partial charge in [0.1, 0.15) is 6.04 Å². The van der Waals surface area contributed by atoms with Crippen molar-refractivity contribution in [2.24, 2.45) is 0 Å². The number of amides is 2. The van der Waals surface area contributed by atoms with Crippen LogP contribution in [0.2, 0.25) is 0 Å². The van der Waals surface area contributed by atoms with Crippen molar-refractivity contribution in [1.82, 2.24) is 15.5 Å². The van der Waals surface area contributed by atoms with Gasteiger partial charge in [0, 0.05) is 19.6 Å². The summed E-state index contributed by atoms with van der Waals surface area (Å²) in [4.78, 5) is 35.0. The molecule has 0 bridgehead atoms. The lowest BCUT2D eigenvalue weighted by Crippen LogP contribution is -2.47. The maximum Gasteiger partial charge on any atom is 0.326 e. The molecule has 0 aromatic rings. The van der Waals surface area contributed by atoms with Gasteiger partial charge in [0.15, 0.2) is 0 Å². The lowest BCUT2D eigenvalue weighted by molar-refractivity contribution is -0.145. The zero-order valence-corrected chi connectivity index (χ0v) is 11.7. The smallest absolute Gasteiger partial charge is 0.326 e. The molecule has 0 spiro atoms. The number of carboxylic acids is 2. The van der Waals surface area contributed by atoms with Gasteiger partial charge in [-0.05, 0) is 13.0 Å². The number of morpholine rings is 1. The third-order valence-corrected chi connectivity index (χ3v) is 3.02. The molecule has 1 aliphatic rings. The molecule has 0 radical (unpaired) electrons. The first-order valence-corrected chi connectivity index (χ1v) is 6.78. The Bertz CT molecular complexity index is 370. The second-order valence-electron chi connectivity index (χ2n) is 4.70. The molecule has 9 heteroatoms. The van der Waals surface area contributed by atoms with E-state index < -0.39 is 30.4 Å². The van der Waals surface area contributed by atoms with Crippen molar-refractivity contribution in [3.63, 3.8) is 0 Å². The molecule has 0 saturated carbocycles. The van der Waals surface area contributed by atoms with Gasteiger partial charge in [-0.15, -0.1) is 0 Å². The zero-order chi connectivity index (χ0) is 15.7. The van der Waals surface area contributed by atoms with E-state index in [1.165, 1.54) is 0 Å². The summed E-state index contributed by atoms with van der Waals surface area (Å²) in [6.45, 7) is 4.37. The summed E-state index contributed by atoms with van der Waals surface area (Å²) in [5, 5.41) is 22.0. The highest BCUT2D eigenvalue weighted by molar-refractivity contribution is 5.86. The zero-order valence-electron chi connectivity index (χ0n) is 11.7. The highest BCUT2D eigenvalue weighted by Gasteiger charge is 2.22. The van der Waals surface area contributed by atoms with E-state index in [1.807, 2.05) is 0 Å². The SMILES string of the molecule is O=C(O)C[C@@H](NC(=O)NCCCN1CCOCC1)C(=O)O. The minimum absolute atomic E-state index is 0.391. The molecule has 9 nitrogen and oxygen atoms in total. The topological polar surface area (TPSA) is 128 Å². The fourth-order valence-corrected chi connectivity index (χ4v) is 1.91. The third-order valence-electron chi connectivity index (χ3n) is 3.02. The maximum atomic E-state index is 11.5. The van der Waals surface area contributed by atoms with E-state index in [0.717, 1.165) is 26.1 Å². The van der Waals surface area contributed by atoms with Gasteiger partial charge in [-0.1, -0.05) is 0 Å². The van der Waals surface area contributed by atoms with Gasteiger partial charge in [-0.2, -0.15) is 0 Å². The minimum atomic E-state index is -1.43. The summed E-state index contributed by atoms with van der Waals surface area (Å²) in [5.41, 5.74) is 0. The predicted molar refractivity (Wildman–Crippen MR) is 72.1 cm³/mol. The normalized spacial score (nSPS) is 17.0. The molecule has 1 aliphatic heterocycles. The second kappa shape index (κ2) is 9.14. The number of hydrogen-bond donors (Lipinski definition) is 4. The van der Waals surface area contributed by atoms with Gasteiger partial charge in [-0.3, -0.25) is 9.69 Å². The molecular formula is C12H21N3O6. The number of urea groups is 1. The number of carboxylic acid groups (broad SMARTS) is 2. The maximum absolute atomic E-state index is 11.5. The molecule has 1 rings (SSSR count). The molecule has 0 aliphatic carbocycles. The molecular weight excluding hydrogens is 282 g/mol. The molecule has 2 amide bonds. The van der Waals surface area contributed by atoms with Crippen molar-refractivity contribution in [1.29, 1.82) is 0 Å². The summed E-state index contributed by atoms with van der Waals surface area (Å²) < 4.78 is 5.22. The number of carbonyl (C=O) groups excluding carboxylic acids is 1. The Morgan fingerprint density at radius 2 is 1.86 bits per heavy atom. The van der Waals surface area contributed by atoms with Crippen LogP contribution in [0.3, 0.4) is 0 Å². The third kappa shape index (κ3) is 7.47. The van der Waals surface area contributed by atoms with Crippen LogP contribution in [0, 0.1) is 0 Å². The van der Waals surface area contributed by atoms with Crippen LogP contribution in [0.5, 0.6) is 0 Å². The van der Waals surface area contributed by atoms with Crippen LogP contribution < -0.4 is 10.6 Å². The standard InChI is InChI=1S/C12H21N3O6/c16-10(17)8-9(11(18)19)14-12(20)13-2-1-3-15-4-6-21-7-5-15/h9H,1-8H2,(H,16,17)(H,18,19)(H2,13,14,20)/t9-/m1/s1. The largest absolute Gasteiger partial charge is 0.481 e. The highest BCUT2D eigenvalue weighted by atomic mass is 16.5. The molecule has 21 heavy (non-hydrogen) atoms. The van der Waals surface area contributed by atoms with Gasteiger partial charge < -0.3 is 25.6 Å². The summed E-state index contributed by atoms with van der Waals surface area (Å²) in [7, 11) is 0. The van der Waals surface area contributed by atoms with Crippen LogP contribution in [-0.2, 0) is 14.3 Å². The van der Waals surface area contributed by atoms with Crippen LogP contribution >= 0.6 is 0 Å². The minimum Gasteiger partial charge on any atom is -0.481 e. The van der Waals surface area contributed by atoms with Crippen LogP contribution in [0.1, 0.15) is 12.8 Å². The van der Waals surface area contributed by atoms with Crippen molar-refractivity contribution in [3.8, 4) is 0 Å². The summed E-state index contributed by atoms with van der Waals surface area (Å²) in [6, 6.07) is -2.10. The lowest BCUT2D eigenvalue weighted by Gasteiger charge is -2.26. The van der Waals surface area contributed by atoms with Gasteiger partial charge in [-0.25, -0.2) is 9.59 Å². The quantitative estimate of drug-likeness (QED) is 0.420. The summed E-state index contributed by atoms with van der Waals surface area (Å²) in [5.74, 6) is -2.66. The molecule has 1 heterocycles. The summed E-state index contributed by atoms with van der Waals surface area (Å²) >= 11 is 0. The van der Waals surface area contributed by atoms with E-state index in [2.05, 4.69) is 15.5 Å². The second-order valence-corrected chi connectivity index (χ2v) is 4.70. The average Bonchev–Trinajstić information content (AvgIpc) is 2.43. The monoisotopic (exact) mass is 303 g/mol. The average molecular weight is 303 g/mol. The number of ether oxygens (including phenoxy) is 1. The Kier molecular flexibility index (Phi) is 7.48. The molecule has 4 N–H and O–H groups in total. The molecule has 120 valence electrons. The van der Waals surface area contributed by atoms with Crippen molar-refractivity contribution in [2.45, 2.75) is 18.9 Å². The molecule has 0 aromatic heterocycles. The van der Waals surface area contributed by atoms with Crippen LogP contribution in [0.25, 0.3) is 0 Å². The number of nitrogens with one attached hydrogen (secondary N) is 2. The van der Waals surface area contributed by atoms with E-state index in [-0.39, 0.29) is 0 Å². The Morgan fingerprint density at radius 1 is 1.19 bits per heavy atom.